The normalized spacial score (nSPS) is 15.4. The van der Waals surface area contributed by atoms with E-state index in [4.69, 9.17) is 14.2 Å². The van der Waals surface area contributed by atoms with E-state index >= 15 is 0 Å². The maximum atomic E-state index is 6.11. The van der Waals surface area contributed by atoms with Crippen molar-refractivity contribution in [3.63, 3.8) is 0 Å². The predicted octanol–water partition coefficient (Wildman–Crippen LogP) is 4.49. The summed E-state index contributed by atoms with van der Waals surface area (Å²) in [6.07, 6.45) is 0. The maximum absolute atomic E-state index is 6.11. The van der Waals surface area contributed by atoms with Crippen LogP contribution in [0.5, 0.6) is 23.0 Å². The van der Waals surface area contributed by atoms with E-state index in [1.807, 2.05) is 48.5 Å². The molecule has 1 N–H and O–H groups in total. The topological polar surface area (TPSA) is 43.0 Å². The Morgan fingerprint density at radius 1 is 0.800 bits per heavy atom. The first-order valence-electron chi connectivity index (χ1n) is 10.3. The van der Waals surface area contributed by atoms with Gasteiger partial charge in [0.1, 0.15) is 11.5 Å². The van der Waals surface area contributed by atoms with Gasteiger partial charge in [-0.25, -0.2) is 0 Å². The number of rotatable bonds is 7. The second-order valence-electron chi connectivity index (χ2n) is 7.26. The van der Waals surface area contributed by atoms with Gasteiger partial charge in [0, 0.05) is 31.7 Å². The summed E-state index contributed by atoms with van der Waals surface area (Å²) in [7, 11) is 3.38. The summed E-state index contributed by atoms with van der Waals surface area (Å²) in [5.41, 5.74) is 2.26. The summed E-state index contributed by atoms with van der Waals surface area (Å²) in [5, 5.41) is 3.45. The van der Waals surface area contributed by atoms with Crippen molar-refractivity contribution in [1.82, 2.24) is 10.2 Å². The molecule has 156 valence electrons. The van der Waals surface area contributed by atoms with Gasteiger partial charge >= 0.3 is 0 Å². The van der Waals surface area contributed by atoms with E-state index in [0.717, 1.165) is 60.3 Å². The van der Waals surface area contributed by atoms with Crippen molar-refractivity contribution in [2.24, 2.45) is 0 Å². The van der Waals surface area contributed by atoms with E-state index < -0.39 is 0 Å². The minimum Gasteiger partial charge on any atom is -0.493 e. The molecule has 4 rings (SSSR count). The lowest BCUT2D eigenvalue weighted by Gasteiger charge is -2.36. The van der Waals surface area contributed by atoms with Crippen molar-refractivity contribution < 1.29 is 14.2 Å². The standard InChI is InChI=1S/C25H28N2O3/c1-28-23-13-7-12-22(25(23)29-2)24(27-16-14-26-15-17-27)19-8-6-11-21(18-19)30-20-9-4-3-5-10-20/h3-13,18,24,26H,14-17H2,1-2H3. The fraction of sp³-hybridized carbons (Fsp3) is 0.280. The lowest BCUT2D eigenvalue weighted by molar-refractivity contribution is 0.194. The fourth-order valence-corrected chi connectivity index (χ4v) is 4.03. The summed E-state index contributed by atoms with van der Waals surface area (Å²) in [6, 6.07) is 24.3. The molecule has 0 bridgehead atoms. The summed E-state index contributed by atoms with van der Waals surface area (Å²) >= 11 is 0. The molecule has 1 heterocycles. The number of ether oxygens (including phenoxy) is 3. The van der Waals surface area contributed by atoms with Gasteiger partial charge in [-0.3, -0.25) is 4.90 Å². The quantitative estimate of drug-likeness (QED) is 0.628. The lowest BCUT2D eigenvalue weighted by atomic mass is 9.95. The van der Waals surface area contributed by atoms with Crippen LogP contribution in [0.2, 0.25) is 0 Å². The molecule has 1 aliphatic heterocycles. The number of nitrogens with one attached hydrogen (secondary N) is 1. The number of benzene rings is 3. The van der Waals surface area contributed by atoms with Crippen LogP contribution in [0.25, 0.3) is 0 Å². The molecule has 3 aromatic carbocycles. The molecule has 30 heavy (non-hydrogen) atoms. The summed E-state index contributed by atoms with van der Waals surface area (Å²) < 4.78 is 17.5. The van der Waals surface area contributed by atoms with Crippen LogP contribution in [0.4, 0.5) is 0 Å². The zero-order chi connectivity index (χ0) is 20.8. The molecule has 1 fully saturated rings. The van der Waals surface area contributed by atoms with Crippen LogP contribution in [-0.2, 0) is 0 Å². The van der Waals surface area contributed by atoms with Crippen LogP contribution in [0.15, 0.2) is 72.8 Å². The summed E-state index contributed by atoms with van der Waals surface area (Å²) in [5.74, 6) is 3.16. The molecule has 0 saturated carbocycles. The van der Waals surface area contributed by atoms with Crippen LogP contribution in [-0.4, -0.2) is 45.3 Å². The van der Waals surface area contributed by atoms with Crippen LogP contribution in [0.1, 0.15) is 17.2 Å². The van der Waals surface area contributed by atoms with Gasteiger partial charge in [-0.1, -0.05) is 42.5 Å². The Kier molecular flexibility index (Phi) is 6.52. The molecule has 1 aliphatic rings. The van der Waals surface area contributed by atoms with Crippen molar-refractivity contribution in [1.29, 1.82) is 0 Å². The Bertz CT molecular complexity index is 956. The number of piperazine rings is 1. The molecule has 0 radical (unpaired) electrons. The molecule has 5 heteroatoms. The third-order valence-corrected chi connectivity index (χ3v) is 5.40. The molecule has 0 aliphatic carbocycles. The van der Waals surface area contributed by atoms with E-state index in [1.54, 1.807) is 14.2 Å². The highest BCUT2D eigenvalue weighted by Crippen LogP contribution is 2.41. The molecular weight excluding hydrogens is 376 g/mol. The molecule has 1 unspecified atom stereocenters. The smallest absolute Gasteiger partial charge is 0.165 e. The number of hydrogen-bond donors (Lipinski definition) is 1. The van der Waals surface area contributed by atoms with Gasteiger partial charge in [-0.2, -0.15) is 0 Å². The van der Waals surface area contributed by atoms with Crippen LogP contribution >= 0.6 is 0 Å². The van der Waals surface area contributed by atoms with Gasteiger partial charge < -0.3 is 19.5 Å². The van der Waals surface area contributed by atoms with Crippen molar-refractivity contribution >= 4 is 0 Å². The Morgan fingerprint density at radius 3 is 2.27 bits per heavy atom. The van der Waals surface area contributed by atoms with E-state index in [9.17, 15) is 0 Å². The van der Waals surface area contributed by atoms with Crippen LogP contribution in [0, 0.1) is 0 Å². The molecule has 1 saturated heterocycles. The zero-order valence-electron chi connectivity index (χ0n) is 17.5. The SMILES string of the molecule is COc1cccc(C(c2cccc(Oc3ccccc3)c2)N2CCNCC2)c1OC. The molecule has 3 aromatic rings. The monoisotopic (exact) mass is 404 g/mol. The van der Waals surface area contributed by atoms with Crippen molar-refractivity contribution in [3.05, 3.63) is 83.9 Å². The number of methoxy groups -OCH3 is 2. The average Bonchev–Trinajstić information content (AvgIpc) is 2.81. The van der Waals surface area contributed by atoms with Crippen molar-refractivity contribution in [3.8, 4) is 23.0 Å². The largest absolute Gasteiger partial charge is 0.493 e. The summed E-state index contributed by atoms with van der Waals surface area (Å²) in [6.45, 7) is 3.83. The highest BCUT2D eigenvalue weighted by atomic mass is 16.5. The first kappa shape index (κ1) is 20.3. The van der Waals surface area contributed by atoms with Gasteiger partial charge in [0.2, 0.25) is 0 Å². The third-order valence-electron chi connectivity index (χ3n) is 5.40. The van der Waals surface area contributed by atoms with E-state index in [2.05, 4.69) is 34.5 Å². The Labute approximate surface area is 178 Å². The van der Waals surface area contributed by atoms with Crippen LogP contribution < -0.4 is 19.5 Å². The van der Waals surface area contributed by atoms with Crippen molar-refractivity contribution in [2.45, 2.75) is 6.04 Å². The highest BCUT2D eigenvalue weighted by molar-refractivity contribution is 5.51. The average molecular weight is 405 g/mol. The Hall–Kier alpha value is -3.02. The minimum atomic E-state index is 0.0384. The maximum Gasteiger partial charge on any atom is 0.165 e. The first-order chi connectivity index (χ1) is 14.8. The van der Waals surface area contributed by atoms with Gasteiger partial charge in [0.05, 0.1) is 20.3 Å². The lowest BCUT2D eigenvalue weighted by Crippen LogP contribution is -2.45. The number of nitrogens with zero attached hydrogens (tertiary/aromatic N) is 1. The molecule has 1 atom stereocenters. The van der Waals surface area contributed by atoms with E-state index in [1.165, 1.54) is 0 Å². The molecule has 5 nitrogen and oxygen atoms in total. The predicted molar refractivity (Wildman–Crippen MR) is 119 cm³/mol. The first-order valence-corrected chi connectivity index (χ1v) is 10.3. The van der Waals surface area contributed by atoms with E-state index in [-0.39, 0.29) is 6.04 Å². The van der Waals surface area contributed by atoms with Crippen molar-refractivity contribution in [2.75, 3.05) is 40.4 Å². The molecular formula is C25H28N2O3. The third kappa shape index (κ3) is 4.42. The molecule has 0 aromatic heterocycles. The fourth-order valence-electron chi connectivity index (χ4n) is 4.03. The van der Waals surface area contributed by atoms with E-state index in [0.29, 0.717) is 0 Å². The van der Waals surface area contributed by atoms with Gasteiger partial charge in [0.25, 0.3) is 0 Å². The number of para-hydroxylation sites is 2. The highest BCUT2D eigenvalue weighted by Gasteiger charge is 2.28. The minimum absolute atomic E-state index is 0.0384. The van der Waals surface area contributed by atoms with Gasteiger partial charge in [-0.15, -0.1) is 0 Å². The molecule has 0 amide bonds. The Balaban J connectivity index is 1.75. The van der Waals surface area contributed by atoms with Crippen LogP contribution in [0.3, 0.4) is 0 Å². The van der Waals surface area contributed by atoms with Gasteiger partial charge in [0.15, 0.2) is 11.5 Å². The number of hydrogen-bond acceptors (Lipinski definition) is 5. The Morgan fingerprint density at radius 2 is 1.53 bits per heavy atom. The molecule has 0 spiro atoms. The second kappa shape index (κ2) is 9.65. The van der Waals surface area contributed by atoms with Gasteiger partial charge in [-0.05, 0) is 35.9 Å². The zero-order valence-corrected chi connectivity index (χ0v) is 17.5. The second-order valence-corrected chi connectivity index (χ2v) is 7.26. The summed E-state index contributed by atoms with van der Waals surface area (Å²) in [4.78, 5) is 2.48.